The third kappa shape index (κ3) is 5.77. The van der Waals surface area contributed by atoms with Crippen LogP contribution >= 0.6 is 0 Å². The summed E-state index contributed by atoms with van der Waals surface area (Å²) in [5, 5.41) is 58.8. The van der Waals surface area contributed by atoms with Crippen LogP contribution in [0.15, 0.2) is 0 Å². The van der Waals surface area contributed by atoms with Crippen LogP contribution in [-0.2, 0) is 9.59 Å². The summed E-state index contributed by atoms with van der Waals surface area (Å²) >= 11 is 0. The smallest absolute Gasteiger partial charge is 0.251 e. The van der Waals surface area contributed by atoms with E-state index < -0.39 is 36.2 Å². The summed E-state index contributed by atoms with van der Waals surface area (Å²) in [5.74, 6) is -2.15. The first kappa shape index (κ1) is 18.7. The largest absolute Gasteiger partial charge is 0.395 e. The molecule has 20 heavy (non-hydrogen) atoms. The molecular formula is C10H20N2O8. The molecule has 0 fully saturated rings. The van der Waals surface area contributed by atoms with Crippen molar-refractivity contribution in [2.45, 2.75) is 24.4 Å². The van der Waals surface area contributed by atoms with Gasteiger partial charge in [-0.2, -0.15) is 0 Å². The van der Waals surface area contributed by atoms with Gasteiger partial charge >= 0.3 is 0 Å². The highest BCUT2D eigenvalue weighted by Gasteiger charge is 2.37. The number of carbonyl (C=O) groups is 2. The normalized spacial score (nSPS) is 16.9. The van der Waals surface area contributed by atoms with Crippen molar-refractivity contribution in [3.63, 3.8) is 0 Å². The fraction of sp³-hybridized carbons (Fsp3) is 0.800. The van der Waals surface area contributed by atoms with Gasteiger partial charge < -0.3 is 41.3 Å². The third-order valence-corrected chi connectivity index (χ3v) is 2.36. The second-order valence-electron chi connectivity index (χ2n) is 3.90. The van der Waals surface area contributed by atoms with E-state index >= 15 is 0 Å². The Hall–Kier alpha value is -1.30. The average Bonchev–Trinajstić information content (AvgIpc) is 2.46. The highest BCUT2D eigenvalue weighted by Crippen LogP contribution is 2.06. The number of aliphatic hydroxyl groups is 6. The van der Waals surface area contributed by atoms with Gasteiger partial charge in [0.15, 0.2) is 12.2 Å². The van der Waals surface area contributed by atoms with Gasteiger partial charge in [0.1, 0.15) is 12.2 Å². The molecule has 0 saturated carbocycles. The first-order valence-electron chi connectivity index (χ1n) is 5.86. The SMILES string of the molecule is O=C(NCCO)[C@@H](O)C(O)[C@H](O)[C@@H](O)C(=O)NCCO. The number of hydrogen-bond acceptors (Lipinski definition) is 8. The van der Waals surface area contributed by atoms with E-state index in [-0.39, 0.29) is 26.3 Å². The van der Waals surface area contributed by atoms with Gasteiger partial charge in [0.2, 0.25) is 0 Å². The Morgan fingerprint density at radius 2 is 1.05 bits per heavy atom. The van der Waals surface area contributed by atoms with Crippen LogP contribution in [0.1, 0.15) is 0 Å². The number of rotatable bonds is 9. The molecule has 0 aromatic heterocycles. The minimum Gasteiger partial charge on any atom is -0.395 e. The molecular weight excluding hydrogens is 276 g/mol. The van der Waals surface area contributed by atoms with Crippen molar-refractivity contribution in [3.8, 4) is 0 Å². The maximum absolute atomic E-state index is 11.3. The minimum atomic E-state index is -2.11. The molecule has 0 saturated heterocycles. The maximum atomic E-state index is 11.3. The van der Waals surface area contributed by atoms with Gasteiger partial charge in [-0.3, -0.25) is 9.59 Å². The van der Waals surface area contributed by atoms with Gasteiger partial charge in [-0.15, -0.1) is 0 Å². The molecule has 8 N–H and O–H groups in total. The molecule has 118 valence electrons. The van der Waals surface area contributed by atoms with E-state index in [9.17, 15) is 30.0 Å². The maximum Gasteiger partial charge on any atom is 0.251 e. The molecule has 2 amide bonds. The van der Waals surface area contributed by atoms with Gasteiger partial charge in [0, 0.05) is 13.1 Å². The van der Waals surface area contributed by atoms with Crippen LogP contribution in [0, 0.1) is 0 Å². The van der Waals surface area contributed by atoms with Crippen LogP contribution in [0.5, 0.6) is 0 Å². The Bertz CT molecular complexity index is 284. The first-order chi connectivity index (χ1) is 9.36. The van der Waals surface area contributed by atoms with E-state index in [1.165, 1.54) is 0 Å². The summed E-state index contributed by atoms with van der Waals surface area (Å²) in [6, 6.07) is 0. The van der Waals surface area contributed by atoms with Crippen LogP contribution in [0.4, 0.5) is 0 Å². The fourth-order valence-electron chi connectivity index (χ4n) is 1.25. The third-order valence-electron chi connectivity index (χ3n) is 2.36. The molecule has 10 heteroatoms. The lowest BCUT2D eigenvalue weighted by atomic mass is 10.0. The average molecular weight is 296 g/mol. The number of hydrogen-bond donors (Lipinski definition) is 8. The van der Waals surface area contributed by atoms with Gasteiger partial charge in [0.05, 0.1) is 13.2 Å². The number of nitrogens with one attached hydrogen (secondary N) is 2. The Morgan fingerprint density at radius 1 is 0.750 bits per heavy atom. The van der Waals surface area contributed by atoms with Crippen LogP contribution < -0.4 is 10.6 Å². The molecule has 0 rings (SSSR count). The highest BCUT2D eigenvalue weighted by molar-refractivity contribution is 5.83. The summed E-state index contributed by atoms with van der Waals surface area (Å²) in [7, 11) is 0. The monoisotopic (exact) mass is 296 g/mol. The Labute approximate surface area is 114 Å². The Balaban J connectivity index is 4.46. The van der Waals surface area contributed by atoms with E-state index in [4.69, 9.17) is 10.2 Å². The second-order valence-corrected chi connectivity index (χ2v) is 3.90. The summed E-state index contributed by atoms with van der Waals surface area (Å²) in [6.07, 6.45) is -8.39. The van der Waals surface area contributed by atoms with Crippen molar-refractivity contribution in [2.24, 2.45) is 0 Å². The second kappa shape index (κ2) is 9.58. The van der Waals surface area contributed by atoms with E-state index in [1.807, 2.05) is 10.6 Å². The molecule has 0 aromatic carbocycles. The standard InChI is InChI=1S/C10H20N2O8/c13-3-1-11-9(19)7(17)5(15)6(16)8(18)10(20)12-2-4-14/h5-8,13-18H,1-4H2,(H,11,19)(H,12,20)/t5-,6?,7+,8-/m0/s1. The molecule has 0 aliphatic carbocycles. The lowest BCUT2D eigenvalue weighted by molar-refractivity contribution is -0.155. The van der Waals surface area contributed by atoms with Crippen molar-refractivity contribution in [3.05, 3.63) is 0 Å². The zero-order valence-electron chi connectivity index (χ0n) is 10.6. The summed E-state index contributed by atoms with van der Waals surface area (Å²) in [4.78, 5) is 22.5. The molecule has 0 aliphatic rings. The Kier molecular flexibility index (Phi) is 8.96. The van der Waals surface area contributed by atoms with Crippen molar-refractivity contribution >= 4 is 11.8 Å². The van der Waals surface area contributed by atoms with Crippen molar-refractivity contribution < 1.29 is 40.2 Å². The fourth-order valence-corrected chi connectivity index (χ4v) is 1.25. The molecule has 10 nitrogen and oxygen atoms in total. The van der Waals surface area contributed by atoms with Gasteiger partial charge in [0.25, 0.3) is 11.8 Å². The molecule has 0 bridgehead atoms. The zero-order chi connectivity index (χ0) is 15.7. The zero-order valence-corrected chi connectivity index (χ0v) is 10.6. The molecule has 0 heterocycles. The lowest BCUT2D eigenvalue weighted by Gasteiger charge is -2.25. The lowest BCUT2D eigenvalue weighted by Crippen LogP contribution is -2.54. The topological polar surface area (TPSA) is 180 Å². The van der Waals surface area contributed by atoms with Crippen molar-refractivity contribution in [2.75, 3.05) is 26.3 Å². The summed E-state index contributed by atoms with van der Waals surface area (Å²) < 4.78 is 0. The molecule has 0 aliphatic heterocycles. The van der Waals surface area contributed by atoms with Crippen LogP contribution in [0.3, 0.4) is 0 Å². The molecule has 0 radical (unpaired) electrons. The molecule has 1 unspecified atom stereocenters. The number of amides is 2. The van der Waals surface area contributed by atoms with Crippen LogP contribution in [0.25, 0.3) is 0 Å². The van der Waals surface area contributed by atoms with Crippen molar-refractivity contribution in [1.29, 1.82) is 0 Å². The predicted molar refractivity (Wildman–Crippen MR) is 64.2 cm³/mol. The summed E-state index contributed by atoms with van der Waals surface area (Å²) in [5.41, 5.74) is 0. The van der Waals surface area contributed by atoms with Crippen molar-refractivity contribution in [1.82, 2.24) is 10.6 Å². The molecule has 4 atom stereocenters. The van der Waals surface area contributed by atoms with Gasteiger partial charge in [-0.05, 0) is 0 Å². The van der Waals surface area contributed by atoms with Gasteiger partial charge in [-0.1, -0.05) is 0 Å². The quantitative estimate of drug-likeness (QED) is 0.207. The Morgan fingerprint density at radius 3 is 1.30 bits per heavy atom. The first-order valence-corrected chi connectivity index (χ1v) is 5.86. The highest BCUT2D eigenvalue weighted by atomic mass is 16.4. The molecule has 0 aromatic rings. The van der Waals surface area contributed by atoms with Crippen LogP contribution in [0.2, 0.25) is 0 Å². The van der Waals surface area contributed by atoms with E-state index in [2.05, 4.69) is 0 Å². The van der Waals surface area contributed by atoms with E-state index in [0.717, 1.165) is 0 Å². The number of aliphatic hydroxyl groups excluding tert-OH is 6. The van der Waals surface area contributed by atoms with Crippen LogP contribution in [-0.4, -0.2) is 93.2 Å². The van der Waals surface area contributed by atoms with E-state index in [0.29, 0.717) is 0 Å². The summed E-state index contributed by atoms with van der Waals surface area (Å²) in [6.45, 7) is -1.11. The van der Waals surface area contributed by atoms with E-state index in [1.54, 1.807) is 0 Å². The number of carbonyl (C=O) groups excluding carboxylic acids is 2. The molecule has 0 spiro atoms. The minimum absolute atomic E-state index is 0.168. The van der Waals surface area contributed by atoms with Gasteiger partial charge in [-0.25, -0.2) is 0 Å². The predicted octanol–water partition coefficient (Wildman–Crippen LogP) is -5.35.